The Balaban J connectivity index is 2.19. The number of nitrogens with zero attached hydrogens (tertiary/aromatic N) is 1. The highest BCUT2D eigenvalue weighted by atomic mass is 16.5. The predicted octanol–water partition coefficient (Wildman–Crippen LogP) is 3.01. The molecule has 5 heteroatoms. The maximum atomic E-state index is 11.8. The Morgan fingerprint density at radius 2 is 2.19 bits per heavy atom. The number of rotatable bonds is 5. The van der Waals surface area contributed by atoms with Gasteiger partial charge < -0.3 is 15.8 Å². The number of ether oxygens (including phenoxy) is 1. The van der Waals surface area contributed by atoms with Crippen LogP contribution in [0.5, 0.6) is 0 Å². The van der Waals surface area contributed by atoms with E-state index in [1.54, 1.807) is 31.3 Å². The average molecular weight is 285 g/mol. The highest BCUT2D eigenvalue weighted by Gasteiger charge is 2.12. The second kappa shape index (κ2) is 6.74. The van der Waals surface area contributed by atoms with Gasteiger partial charge in [-0.25, -0.2) is 4.79 Å². The Bertz CT molecular complexity index is 614. The predicted molar refractivity (Wildman–Crippen MR) is 83.1 cm³/mol. The van der Waals surface area contributed by atoms with Gasteiger partial charge in [-0.05, 0) is 44.2 Å². The van der Waals surface area contributed by atoms with Crippen LogP contribution >= 0.6 is 0 Å². The van der Waals surface area contributed by atoms with Crippen LogP contribution in [-0.4, -0.2) is 17.6 Å². The summed E-state index contributed by atoms with van der Waals surface area (Å²) < 4.78 is 4.99. The molecule has 1 unspecified atom stereocenters. The van der Waals surface area contributed by atoms with E-state index < -0.39 is 0 Å². The van der Waals surface area contributed by atoms with Gasteiger partial charge in [0.2, 0.25) is 0 Å². The Kier molecular flexibility index (Phi) is 4.77. The Morgan fingerprint density at radius 3 is 2.86 bits per heavy atom. The molecule has 3 N–H and O–H groups in total. The molecule has 1 atom stereocenters. The highest BCUT2D eigenvalue weighted by molar-refractivity contribution is 5.92. The zero-order valence-electron chi connectivity index (χ0n) is 12.2. The van der Waals surface area contributed by atoms with Crippen molar-refractivity contribution in [3.8, 4) is 0 Å². The fourth-order valence-electron chi connectivity index (χ4n) is 1.96. The quantitative estimate of drug-likeness (QED) is 0.652. The summed E-state index contributed by atoms with van der Waals surface area (Å²) in [4.78, 5) is 16.1. The van der Waals surface area contributed by atoms with Gasteiger partial charge in [-0.1, -0.05) is 6.07 Å². The lowest BCUT2D eigenvalue weighted by atomic mass is 10.1. The van der Waals surface area contributed by atoms with Crippen molar-refractivity contribution in [1.29, 1.82) is 0 Å². The van der Waals surface area contributed by atoms with Crippen molar-refractivity contribution in [2.45, 2.75) is 19.9 Å². The maximum Gasteiger partial charge on any atom is 0.338 e. The van der Waals surface area contributed by atoms with E-state index in [0.717, 1.165) is 5.69 Å². The largest absolute Gasteiger partial charge is 0.462 e. The van der Waals surface area contributed by atoms with Crippen molar-refractivity contribution >= 4 is 17.3 Å². The fraction of sp³-hybridized carbons (Fsp3) is 0.250. The van der Waals surface area contributed by atoms with E-state index in [-0.39, 0.29) is 12.0 Å². The zero-order chi connectivity index (χ0) is 15.2. The molecule has 2 rings (SSSR count). The average Bonchev–Trinajstić information content (AvgIpc) is 2.50. The molecule has 21 heavy (non-hydrogen) atoms. The first-order valence-electron chi connectivity index (χ1n) is 6.86. The molecule has 0 bridgehead atoms. The molecule has 1 aromatic carbocycles. The van der Waals surface area contributed by atoms with Gasteiger partial charge in [0.25, 0.3) is 0 Å². The zero-order valence-corrected chi connectivity index (χ0v) is 12.2. The first-order chi connectivity index (χ1) is 10.1. The molecular formula is C16H19N3O2. The second-order valence-electron chi connectivity index (χ2n) is 4.64. The summed E-state index contributed by atoms with van der Waals surface area (Å²) in [6.45, 7) is 4.10. The van der Waals surface area contributed by atoms with E-state index in [4.69, 9.17) is 10.5 Å². The number of nitrogens with one attached hydrogen (secondary N) is 1. The smallest absolute Gasteiger partial charge is 0.338 e. The molecule has 0 aliphatic carbocycles. The van der Waals surface area contributed by atoms with Gasteiger partial charge >= 0.3 is 5.97 Å². The molecule has 1 aromatic heterocycles. The summed E-state index contributed by atoms with van der Waals surface area (Å²) in [6.07, 6.45) is 1.74. The van der Waals surface area contributed by atoms with Crippen LogP contribution in [-0.2, 0) is 4.74 Å². The van der Waals surface area contributed by atoms with E-state index in [1.807, 2.05) is 25.1 Å². The summed E-state index contributed by atoms with van der Waals surface area (Å²) in [7, 11) is 0. The molecule has 0 saturated carbocycles. The first-order valence-corrected chi connectivity index (χ1v) is 6.86. The SMILES string of the molecule is CCOC(=O)c1ccc(N)c(NC(C)c2ccccn2)c1. The molecule has 0 spiro atoms. The van der Waals surface area contributed by atoms with Crippen LogP contribution in [0.4, 0.5) is 11.4 Å². The van der Waals surface area contributed by atoms with Gasteiger partial charge in [0.15, 0.2) is 0 Å². The summed E-state index contributed by atoms with van der Waals surface area (Å²) in [6, 6.07) is 10.8. The molecule has 0 amide bonds. The van der Waals surface area contributed by atoms with Gasteiger partial charge in [-0.3, -0.25) is 4.98 Å². The van der Waals surface area contributed by atoms with Crippen LogP contribution in [0.1, 0.15) is 35.9 Å². The summed E-state index contributed by atoms with van der Waals surface area (Å²) >= 11 is 0. The third kappa shape index (κ3) is 3.72. The molecule has 0 radical (unpaired) electrons. The van der Waals surface area contributed by atoms with E-state index in [2.05, 4.69) is 10.3 Å². The van der Waals surface area contributed by atoms with Crippen LogP contribution in [0.3, 0.4) is 0 Å². The number of nitrogens with two attached hydrogens (primary N) is 1. The molecule has 0 saturated heterocycles. The van der Waals surface area contributed by atoms with Crippen LogP contribution in [0.15, 0.2) is 42.6 Å². The van der Waals surface area contributed by atoms with Crippen molar-refractivity contribution < 1.29 is 9.53 Å². The van der Waals surface area contributed by atoms with Crippen LogP contribution in [0.25, 0.3) is 0 Å². The minimum atomic E-state index is -0.356. The number of pyridine rings is 1. The Morgan fingerprint density at radius 1 is 1.38 bits per heavy atom. The molecule has 0 aliphatic rings. The highest BCUT2D eigenvalue weighted by Crippen LogP contribution is 2.25. The minimum absolute atomic E-state index is 0.0223. The first kappa shape index (κ1) is 14.8. The Labute approximate surface area is 124 Å². The lowest BCUT2D eigenvalue weighted by molar-refractivity contribution is 0.0526. The van der Waals surface area contributed by atoms with Gasteiger partial charge in [-0.2, -0.15) is 0 Å². The lowest BCUT2D eigenvalue weighted by Gasteiger charge is -2.17. The second-order valence-corrected chi connectivity index (χ2v) is 4.64. The summed E-state index contributed by atoms with van der Waals surface area (Å²) in [5, 5.41) is 3.27. The van der Waals surface area contributed by atoms with Gasteiger partial charge in [0.05, 0.1) is 35.3 Å². The Hall–Kier alpha value is -2.56. The summed E-state index contributed by atoms with van der Waals surface area (Å²) in [5.74, 6) is -0.356. The van der Waals surface area contributed by atoms with Crippen molar-refractivity contribution in [2.75, 3.05) is 17.7 Å². The van der Waals surface area contributed by atoms with Crippen LogP contribution in [0, 0.1) is 0 Å². The van der Waals surface area contributed by atoms with Gasteiger partial charge in [0.1, 0.15) is 0 Å². The number of nitrogen functional groups attached to an aromatic ring is 1. The minimum Gasteiger partial charge on any atom is -0.462 e. The number of carbonyl (C=O) groups excluding carboxylic acids is 1. The van der Waals surface area contributed by atoms with Gasteiger partial charge in [0, 0.05) is 6.20 Å². The van der Waals surface area contributed by atoms with Crippen molar-refractivity contribution in [2.24, 2.45) is 0 Å². The molecular weight excluding hydrogens is 266 g/mol. The number of aromatic nitrogens is 1. The lowest BCUT2D eigenvalue weighted by Crippen LogP contribution is -2.11. The van der Waals surface area contributed by atoms with Crippen molar-refractivity contribution in [1.82, 2.24) is 4.98 Å². The molecule has 5 nitrogen and oxygen atoms in total. The van der Waals surface area contributed by atoms with Crippen molar-refractivity contribution in [3.05, 3.63) is 53.9 Å². The topological polar surface area (TPSA) is 77.2 Å². The van der Waals surface area contributed by atoms with E-state index in [0.29, 0.717) is 23.5 Å². The van der Waals surface area contributed by atoms with Crippen molar-refractivity contribution in [3.63, 3.8) is 0 Å². The number of hydrogen-bond acceptors (Lipinski definition) is 5. The number of esters is 1. The summed E-state index contributed by atoms with van der Waals surface area (Å²) in [5.41, 5.74) is 8.60. The molecule has 2 aromatic rings. The standard InChI is InChI=1S/C16H19N3O2/c1-3-21-16(20)12-7-8-13(17)15(10-12)19-11(2)14-6-4-5-9-18-14/h4-11,19H,3,17H2,1-2H3. The monoisotopic (exact) mass is 285 g/mol. The van der Waals surface area contributed by atoms with Crippen LogP contribution < -0.4 is 11.1 Å². The third-order valence-electron chi connectivity index (χ3n) is 3.07. The van der Waals surface area contributed by atoms with E-state index in [1.165, 1.54) is 0 Å². The fourth-order valence-corrected chi connectivity index (χ4v) is 1.96. The molecule has 0 fully saturated rings. The number of hydrogen-bond donors (Lipinski definition) is 2. The number of anilines is 2. The van der Waals surface area contributed by atoms with Gasteiger partial charge in [-0.15, -0.1) is 0 Å². The number of benzene rings is 1. The van der Waals surface area contributed by atoms with E-state index >= 15 is 0 Å². The molecule has 110 valence electrons. The van der Waals surface area contributed by atoms with Crippen LogP contribution in [0.2, 0.25) is 0 Å². The number of carbonyl (C=O) groups is 1. The maximum absolute atomic E-state index is 11.8. The molecule has 1 heterocycles. The third-order valence-corrected chi connectivity index (χ3v) is 3.07. The normalized spacial score (nSPS) is 11.7. The molecule has 0 aliphatic heterocycles. The van der Waals surface area contributed by atoms with E-state index in [9.17, 15) is 4.79 Å².